The first-order valence-corrected chi connectivity index (χ1v) is 11.7. The highest BCUT2D eigenvalue weighted by atomic mass is 35.5. The van der Waals surface area contributed by atoms with E-state index in [1.165, 1.54) is 6.26 Å². The summed E-state index contributed by atoms with van der Waals surface area (Å²) in [7, 11) is 0. The molecule has 3 aromatic heterocycles. The van der Waals surface area contributed by atoms with Crippen LogP contribution in [0.3, 0.4) is 0 Å². The van der Waals surface area contributed by atoms with Crippen LogP contribution in [0, 0.1) is 6.92 Å². The number of halogens is 1. The molecule has 5 heterocycles. The lowest BCUT2D eigenvalue weighted by Gasteiger charge is -2.46. The van der Waals surface area contributed by atoms with Gasteiger partial charge in [0.2, 0.25) is 0 Å². The first kappa shape index (κ1) is 20.2. The molecule has 0 aliphatic carbocycles. The minimum absolute atomic E-state index is 0.163. The zero-order chi connectivity index (χ0) is 22.7. The van der Waals surface area contributed by atoms with E-state index in [9.17, 15) is 9.59 Å². The maximum atomic E-state index is 13.7. The van der Waals surface area contributed by atoms with Crippen LogP contribution in [-0.2, 0) is 12.2 Å². The number of hydrogen-bond acceptors (Lipinski definition) is 6. The highest BCUT2D eigenvalue weighted by molar-refractivity contribution is 7.13. The van der Waals surface area contributed by atoms with Crippen molar-refractivity contribution in [3.8, 4) is 10.6 Å². The second kappa shape index (κ2) is 7.29. The average Bonchev–Trinajstić information content (AvgIpc) is 3.59. The number of benzene rings is 1. The van der Waals surface area contributed by atoms with Gasteiger partial charge in [0.25, 0.3) is 11.8 Å². The molecular weight excluding hydrogens is 462 g/mol. The molecule has 2 aliphatic rings. The van der Waals surface area contributed by atoms with Crippen molar-refractivity contribution in [1.29, 1.82) is 0 Å². The summed E-state index contributed by atoms with van der Waals surface area (Å²) >= 11 is 7.73. The van der Waals surface area contributed by atoms with E-state index in [2.05, 4.69) is 5.16 Å². The van der Waals surface area contributed by atoms with E-state index in [4.69, 9.17) is 21.2 Å². The van der Waals surface area contributed by atoms with Crippen molar-refractivity contribution < 1.29 is 14.1 Å². The molecule has 2 amide bonds. The smallest absolute Gasteiger partial charge is 0.274 e. The third kappa shape index (κ3) is 2.89. The predicted octanol–water partition coefficient (Wildman–Crippen LogP) is 4.03. The van der Waals surface area contributed by atoms with Crippen molar-refractivity contribution in [3.63, 3.8) is 0 Å². The number of aromatic nitrogens is 3. The molecule has 4 aromatic rings. The van der Waals surface area contributed by atoms with Gasteiger partial charge in [0, 0.05) is 23.7 Å². The molecule has 1 unspecified atom stereocenters. The monoisotopic (exact) mass is 479 g/mol. The Morgan fingerprint density at radius 2 is 2.03 bits per heavy atom. The molecule has 1 fully saturated rings. The van der Waals surface area contributed by atoms with Crippen LogP contribution in [0.4, 0.5) is 0 Å². The third-order valence-electron chi connectivity index (χ3n) is 6.36. The molecule has 8 nitrogen and oxygen atoms in total. The molecule has 2 aliphatic heterocycles. The lowest BCUT2D eigenvalue weighted by molar-refractivity contribution is -0.00849. The minimum Gasteiger partial charge on any atom is -0.364 e. The fourth-order valence-electron chi connectivity index (χ4n) is 4.79. The number of carbonyl (C=O) groups excluding carboxylic acids is 2. The quantitative estimate of drug-likeness (QED) is 0.443. The predicted molar refractivity (Wildman–Crippen MR) is 122 cm³/mol. The molecule has 1 aromatic carbocycles. The molecule has 0 spiro atoms. The summed E-state index contributed by atoms with van der Waals surface area (Å²) in [5.41, 5.74) is 1.88. The van der Waals surface area contributed by atoms with E-state index < -0.39 is 5.66 Å². The highest BCUT2D eigenvalue weighted by Gasteiger charge is 2.57. The zero-order valence-electron chi connectivity index (χ0n) is 17.6. The molecule has 1 saturated heterocycles. The van der Waals surface area contributed by atoms with E-state index in [1.807, 2.05) is 35.7 Å². The minimum atomic E-state index is -1.05. The second-order valence-electron chi connectivity index (χ2n) is 8.10. The van der Waals surface area contributed by atoms with Gasteiger partial charge >= 0.3 is 0 Å². The molecule has 10 heteroatoms. The van der Waals surface area contributed by atoms with Crippen molar-refractivity contribution in [1.82, 2.24) is 24.7 Å². The van der Waals surface area contributed by atoms with Crippen LogP contribution < -0.4 is 0 Å². The van der Waals surface area contributed by atoms with Gasteiger partial charge in [-0.15, -0.1) is 11.3 Å². The van der Waals surface area contributed by atoms with Crippen LogP contribution >= 0.6 is 22.9 Å². The van der Waals surface area contributed by atoms with E-state index in [-0.39, 0.29) is 11.8 Å². The maximum Gasteiger partial charge on any atom is 0.274 e. The SMILES string of the molecule is Cc1nocc1C(=O)N1CCN2C(=O)c3cc(-c4cccs4)nn3CC12c1ccc(Cl)cc1. The summed E-state index contributed by atoms with van der Waals surface area (Å²) < 4.78 is 6.74. The Balaban J connectivity index is 1.52. The van der Waals surface area contributed by atoms with Gasteiger partial charge in [-0.2, -0.15) is 5.10 Å². The first-order valence-electron chi connectivity index (χ1n) is 10.4. The standard InChI is InChI=1S/C23H18ClN5O3S/c1-14-17(12-32-26-14)21(30)27-8-9-28-22(31)19-11-18(20-3-2-10-33-20)25-29(19)13-23(27,28)15-4-6-16(24)7-5-15/h2-7,10-12H,8-9,13H2,1H3. The number of aryl methyl sites for hydroxylation is 1. The van der Waals surface area contributed by atoms with Crippen LogP contribution in [-0.4, -0.2) is 49.6 Å². The molecular formula is C23H18ClN5O3S. The number of nitrogens with zero attached hydrogens (tertiary/aromatic N) is 5. The lowest BCUT2D eigenvalue weighted by Crippen LogP contribution is -2.60. The van der Waals surface area contributed by atoms with Gasteiger partial charge < -0.3 is 14.3 Å². The Morgan fingerprint density at radius 1 is 1.21 bits per heavy atom. The van der Waals surface area contributed by atoms with Crippen LogP contribution in [0.15, 0.2) is 58.6 Å². The third-order valence-corrected chi connectivity index (χ3v) is 7.50. The molecule has 0 radical (unpaired) electrons. The fraction of sp³-hybridized carbons (Fsp3) is 0.217. The van der Waals surface area contributed by atoms with E-state index in [0.717, 1.165) is 16.1 Å². The highest BCUT2D eigenvalue weighted by Crippen LogP contribution is 2.44. The van der Waals surface area contributed by atoms with Crippen LogP contribution in [0.5, 0.6) is 0 Å². The van der Waals surface area contributed by atoms with Crippen molar-refractivity contribution in [2.45, 2.75) is 19.1 Å². The number of fused-ring (bicyclic) bond motifs is 2. The number of amides is 2. The number of thiophene rings is 1. The summed E-state index contributed by atoms with van der Waals surface area (Å²) in [6, 6.07) is 13.0. The van der Waals surface area contributed by atoms with Crippen molar-refractivity contribution >= 4 is 34.8 Å². The number of rotatable bonds is 3. The fourth-order valence-corrected chi connectivity index (χ4v) is 5.60. The largest absolute Gasteiger partial charge is 0.364 e. The van der Waals surface area contributed by atoms with Crippen molar-refractivity contribution in [3.05, 3.63) is 81.6 Å². The number of hydrogen-bond donors (Lipinski definition) is 0. The van der Waals surface area contributed by atoms with Gasteiger partial charge in [0.1, 0.15) is 23.2 Å². The summed E-state index contributed by atoms with van der Waals surface area (Å²) in [4.78, 5) is 31.9. The Hall–Kier alpha value is -3.43. The molecule has 166 valence electrons. The molecule has 0 bridgehead atoms. The van der Waals surface area contributed by atoms with Crippen LogP contribution in [0.25, 0.3) is 10.6 Å². The van der Waals surface area contributed by atoms with Crippen molar-refractivity contribution in [2.75, 3.05) is 13.1 Å². The summed E-state index contributed by atoms with van der Waals surface area (Å²) in [6.07, 6.45) is 1.36. The van der Waals surface area contributed by atoms with E-state index in [1.54, 1.807) is 44.9 Å². The molecule has 33 heavy (non-hydrogen) atoms. The first-order chi connectivity index (χ1) is 16.0. The molecule has 0 saturated carbocycles. The van der Waals surface area contributed by atoms with Gasteiger partial charge in [-0.05, 0) is 36.6 Å². The Morgan fingerprint density at radius 3 is 2.73 bits per heavy atom. The normalized spacial score (nSPS) is 19.6. The average molecular weight is 480 g/mol. The number of carbonyl (C=O) groups is 2. The van der Waals surface area contributed by atoms with Gasteiger partial charge in [0.15, 0.2) is 5.66 Å². The van der Waals surface area contributed by atoms with E-state index >= 15 is 0 Å². The second-order valence-corrected chi connectivity index (χ2v) is 9.48. The molecule has 1 atom stereocenters. The topological polar surface area (TPSA) is 84.5 Å². The lowest BCUT2D eigenvalue weighted by atomic mass is 9.94. The van der Waals surface area contributed by atoms with Gasteiger partial charge in [0.05, 0.1) is 17.1 Å². The van der Waals surface area contributed by atoms with Gasteiger partial charge in [-0.25, -0.2) is 0 Å². The summed E-state index contributed by atoms with van der Waals surface area (Å²) in [5.74, 6) is -0.406. The maximum absolute atomic E-state index is 13.7. The summed E-state index contributed by atoms with van der Waals surface area (Å²) in [6.45, 7) is 2.80. The van der Waals surface area contributed by atoms with Gasteiger partial charge in [-0.1, -0.05) is 35.0 Å². The Bertz CT molecular complexity index is 1380. The molecule has 6 rings (SSSR count). The van der Waals surface area contributed by atoms with Gasteiger partial charge in [-0.3, -0.25) is 14.3 Å². The van der Waals surface area contributed by atoms with Crippen molar-refractivity contribution in [2.24, 2.45) is 0 Å². The Labute approximate surface area is 198 Å². The van der Waals surface area contributed by atoms with E-state index in [0.29, 0.717) is 41.6 Å². The van der Waals surface area contributed by atoms with Crippen LogP contribution in [0.2, 0.25) is 5.02 Å². The summed E-state index contributed by atoms with van der Waals surface area (Å²) in [5, 5.41) is 11.2. The Kier molecular flexibility index (Phi) is 4.46. The molecule has 0 N–H and O–H groups in total. The van der Waals surface area contributed by atoms with Crippen LogP contribution in [0.1, 0.15) is 32.1 Å². The zero-order valence-corrected chi connectivity index (χ0v) is 19.1.